The molecule has 1 aromatic heterocycles. The predicted octanol–water partition coefficient (Wildman–Crippen LogP) is 6.49. The minimum absolute atomic E-state index is 0.825. The van der Waals surface area contributed by atoms with Gasteiger partial charge >= 0.3 is 0 Å². The van der Waals surface area contributed by atoms with E-state index >= 15 is 0 Å². The second-order valence-electron chi connectivity index (χ2n) is 6.33. The van der Waals surface area contributed by atoms with Gasteiger partial charge in [0.2, 0.25) is 0 Å². The molecule has 7 heteroatoms. The lowest BCUT2D eigenvalue weighted by Crippen LogP contribution is -1.96. The molecule has 0 amide bonds. The molecule has 0 saturated heterocycles. The van der Waals surface area contributed by atoms with Crippen LogP contribution < -0.4 is 18.9 Å². The van der Waals surface area contributed by atoms with Gasteiger partial charge in [-0.3, -0.25) is 0 Å². The Hall–Kier alpha value is -3.03. The quantitative estimate of drug-likeness (QED) is 0.307. The monoisotopic (exact) mass is 435 g/mol. The number of pyridine rings is 1. The third-order valence-corrected chi connectivity index (χ3v) is 6.09. The Kier molecular flexibility index (Phi) is 6.51. The first-order valence-electron chi connectivity index (χ1n) is 9.28. The summed E-state index contributed by atoms with van der Waals surface area (Å²) in [5, 5.41) is 2.16. The van der Waals surface area contributed by atoms with Gasteiger partial charge in [0.1, 0.15) is 17.3 Å². The van der Waals surface area contributed by atoms with Crippen molar-refractivity contribution >= 4 is 46.2 Å². The molecule has 0 fully saturated rings. The van der Waals surface area contributed by atoms with Crippen LogP contribution in [0.2, 0.25) is 0 Å². The molecular weight excluding hydrogens is 414 g/mol. The molecule has 5 nitrogen and oxygen atoms in total. The van der Waals surface area contributed by atoms with Crippen LogP contribution in [0.4, 0.5) is 11.5 Å². The SMILES string of the molecule is COc1ccc(SNc2cnc(NSc3ccc(OC)cc3)c3ccccc23)cc1. The van der Waals surface area contributed by atoms with Crippen LogP contribution in [0, 0.1) is 0 Å². The lowest BCUT2D eigenvalue weighted by Gasteiger charge is -2.13. The van der Waals surface area contributed by atoms with Gasteiger partial charge in [-0.05, 0) is 72.4 Å². The lowest BCUT2D eigenvalue weighted by atomic mass is 10.1. The van der Waals surface area contributed by atoms with Gasteiger partial charge < -0.3 is 18.9 Å². The number of rotatable bonds is 8. The second kappa shape index (κ2) is 9.65. The maximum atomic E-state index is 5.21. The summed E-state index contributed by atoms with van der Waals surface area (Å²) in [6.07, 6.45) is 1.86. The molecule has 0 bridgehead atoms. The fourth-order valence-electron chi connectivity index (χ4n) is 2.86. The van der Waals surface area contributed by atoms with Crippen LogP contribution in [0.5, 0.6) is 11.5 Å². The molecule has 0 aliphatic carbocycles. The molecule has 30 heavy (non-hydrogen) atoms. The predicted molar refractivity (Wildman–Crippen MR) is 127 cm³/mol. The minimum atomic E-state index is 0.825. The highest BCUT2D eigenvalue weighted by Crippen LogP contribution is 2.33. The molecule has 0 aliphatic rings. The van der Waals surface area contributed by atoms with E-state index in [1.54, 1.807) is 26.2 Å². The summed E-state index contributed by atoms with van der Waals surface area (Å²) in [4.78, 5) is 6.82. The summed E-state index contributed by atoms with van der Waals surface area (Å²) in [6.45, 7) is 0. The molecule has 2 N–H and O–H groups in total. The molecule has 4 rings (SSSR count). The zero-order valence-corrected chi connectivity index (χ0v) is 18.2. The maximum Gasteiger partial charge on any atom is 0.144 e. The van der Waals surface area contributed by atoms with E-state index in [1.807, 2.05) is 66.9 Å². The van der Waals surface area contributed by atoms with Crippen LogP contribution in [-0.4, -0.2) is 19.2 Å². The Morgan fingerprint density at radius 3 is 1.77 bits per heavy atom. The molecule has 0 spiro atoms. The Bertz CT molecular complexity index is 1030. The van der Waals surface area contributed by atoms with Crippen LogP contribution in [-0.2, 0) is 0 Å². The van der Waals surface area contributed by atoms with E-state index < -0.39 is 0 Å². The molecule has 0 unspecified atom stereocenters. The van der Waals surface area contributed by atoms with Gasteiger partial charge in [-0.1, -0.05) is 24.3 Å². The van der Waals surface area contributed by atoms with Gasteiger partial charge in [0.25, 0.3) is 0 Å². The molecule has 0 saturated carbocycles. The standard InChI is InChI=1S/C23H21N3O2S2/c1-27-16-7-11-18(12-8-16)29-25-22-15-24-23(21-6-4-3-5-20(21)22)26-30-19-13-9-17(28-2)10-14-19/h3-15,25H,1-2H3,(H,24,26). The molecule has 0 atom stereocenters. The van der Waals surface area contributed by atoms with Crippen LogP contribution in [0.15, 0.2) is 88.8 Å². The molecule has 4 aromatic rings. The van der Waals surface area contributed by atoms with E-state index in [2.05, 4.69) is 26.6 Å². The van der Waals surface area contributed by atoms with Gasteiger partial charge in [-0.15, -0.1) is 0 Å². The summed E-state index contributed by atoms with van der Waals surface area (Å²) < 4.78 is 17.2. The average molecular weight is 436 g/mol. The highest BCUT2D eigenvalue weighted by Gasteiger charge is 2.08. The third kappa shape index (κ3) is 4.75. The van der Waals surface area contributed by atoms with Crippen LogP contribution >= 0.6 is 23.9 Å². The summed E-state index contributed by atoms with van der Waals surface area (Å²) >= 11 is 3.07. The Morgan fingerprint density at radius 1 is 0.667 bits per heavy atom. The number of hydrogen-bond acceptors (Lipinski definition) is 7. The summed E-state index contributed by atoms with van der Waals surface area (Å²) in [7, 11) is 3.33. The number of anilines is 2. The van der Waals surface area contributed by atoms with E-state index in [0.717, 1.165) is 43.6 Å². The number of ether oxygens (including phenoxy) is 2. The fourth-order valence-corrected chi connectivity index (χ4v) is 4.18. The van der Waals surface area contributed by atoms with E-state index in [-0.39, 0.29) is 0 Å². The van der Waals surface area contributed by atoms with E-state index in [1.165, 1.54) is 11.9 Å². The first-order chi connectivity index (χ1) is 14.8. The zero-order chi connectivity index (χ0) is 20.8. The average Bonchev–Trinajstić information content (AvgIpc) is 2.82. The number of methoxy groups -OCH3 is 2. The van der Waals surface area contributed by atoms with Crippen molar-refractivity contribution in [3.05, 3.63) is 79.0 Å². The molecule has 3 aromatic carbocycles. The van der Waals surface area contributed by atoms with Crippen molar-refractivity contribution in [2.45, 2.75) is 9.79 Å². The first-order valence-corrected chi connectivity index (χ1v) is 10.9. The normalized spacial score (nSPS) is 10.6. The number of aromatic nitrogens is 1. The summed E-state index contributed by atoms with van der Waals surface area (Å²) in [5.74, 6) is 2.51. The molecule has 1 heterocycles. The van der Waals surface area contributed by atoms with Crippen molar-refractivity contribution in [2.75, 3.05) is 23.7 Å². The number of nitrogens with one attached hydrogen (secondary N) is 2. The van der Waals surface area contributed by atoms with E-state index in [9.17, 15) is 0 Å². The van der Waals surface area contributed by atoms with Crippen LogP contribution in [0.1, 0.15) is 0 Å². The van der Waals surface area contributed by atoms with E-state index in [4.69, 9.17) is 9.47 Å². The van der Waals surface area contributed by atoms with E-state index in [0.29, 0.717) is 0 Å². The lowest BCUT2D eigenvalue weighted by molar-refractivity contribution is 0.414. The number of fused-ring (bicyclic) bond motifs is 1. The van der Waals surface area contributed by atoms with Gasteiger partial charge in [-0.2, -0.15) is 0 Å². The second-order valence-corrected chi connectivity index (χ2v) is 8.08. The maximum absolute atomic E-state index is 5.21. The third-order valence-electron chi connectivity index (χ3n) is 4.46. The largest absolute Gasteiger partial charge is 0.497 e. The highest BCUT2D eigenvalue weighted by molar-refractivity contribution is 8.00. The van der Waals surface area contributed by atoms with Crippen molar-refractivity contribution in [1.29, 1.82) is 0 Å². The van der Waals surface area contributed by atoms with Gasteiger partial charge in [0.05, 0.1) is 26.1 Å². The highest BCUT2D eigenvalue weighted by atomic mass is 32.2. The Labute approximate surface area is 184 Å². The van der Waals surface area contributed by atoms with Crippen molar-refractivity contribution in [3.63, 3.8) is 0 Å². The summed E-state index contributed by atoms with van der Waals surface area (Å²) in [6, 6.07) is 24.1. The molecule has 0 radical (unpaired) electrons. The summed E-state index contributed by atoms with van der Waals surface area (Å²) in [5.41, 5.74) is 0.964. The van der Waals surface area contributed by atoms with Crippen molar-refractivity contribution in [1.82, 2.24) is 4.98 Å². The molecular formula is C23H21N3O2S2. The smallest absolute Gasteiger partial charge is 0.144 e. The zero-order valence-electron chi connectivity index (χ0n) is 16.6. The van der Waals surface area contributed by atoms with Crippen molar-refractivity contribution < 1.29 is 9.47 Å². The first kappa shape index (κ1) is 20.3. The Balaban J connectivity index is 1.50. The fraction of sp³-hybridized carbons (Fsp3) is 0.0870. The van der Waals surface area contributed by atoms with Gasteiger partial charge in [0, 0.05) is 20.6 Å². The number of nitrogens with zero attached hydrogens (tertiary/aromatic N) is 1. The molecule has 0 aliphatic heterocycles. The Morgan fingerprint density at radius 2 is 1.20 bits per heavy atom. The van der Waals surface area contributed by atoms with Gasteiger partial charge in [-0.25, -0.2) is 4.98 Å². The van der Waals surface area contributed by atoms with Crippen LogP contribution in [0.3, 0.4) is 0 Å². The van der Waals surface area contributed by atoms with Crippen LogP contribution in [0.25, 0.3) is 10.8 Å². The minimum Gasteiger partial charge on any atom is -0.497 e. The number of hydrogen-bond donors (Lipinski definition) is 2. The van der Waals surface area contributed by atoms with Gasteiger partial charge in [0.15, 0.2) is 0 Å². The van der Waals surface area contributed by atoms with Crippen molar-refractivity contribution in [2.24, 2.45) is 0 Å². The molecule has 152 valence electrons. The topological polar surface area (TPSA) is 55.4 Å². The van der Waals surface area contributed by atoms with Crippen molar-refractivity contribution in [3.8, 4) is 11.5 Å². The number of benzene rings is 3.